The molecule has 1 fully saturated rings. The van der Waals surface area contributed by atoms with Crippen LogP contribution in [0.4, 0.5) is 0 Å². The molecular weight excluding hydrogens is 434 g/mol. The quantitative estimate of drug-likeness (QED) is 0.437. The van der Waals surface area contributed by atoms with Gasteiger partial charge in [-0.25, -0.2) is 9.97 Å². The third-order valence-electron chi connectivity index (χ3n) is 6.41. The number of nitrogens with two attached hydrogens (primary N) is 1. The number of hydrogen-bond acceptors (Lipinski definition) is 7. The van der Waals surface area contributed by atoms with Crippen LogP contribution in [0.15, 0.2) is 72.2 Å². The summed E-state index contributed by atoms with van der Waals surface area (Å²) in [5.41, 5.74) is 13.0. The second-order valence-electron chi connectivity index (χ2n) is 8.99. The molecule has 35 heavy (non-hydrogen) atoms. The summed E-state index contributed by atoms with van der Waals surface area (Å²) in [6.07, 6.45) is 11.1. The van der Waals surface area contributed by atoms with E-state index in [1.165, 1.54) is 0 Å². The summed E-state index contributed by atoms with van der Waals surface area (Å²) in [6.45, 7) is 4.12. The molecule has 0 radical (unpaired) electrons. The Morgan fingerprint density at radius 3 is 2.71 bits per heavy atom. The highest BCUT2D eigenvalue weighted by atomic mass is 15.1. The molecule has 0 amide bonds. The zero-order chi connectivity index (χ0) is 24.2. The van der Waals surface area contributed by atoms with Gasteiger partial charge in [-0.1, -0.05) is 6.07 Å². The van der Waals surface area contributed by atoms with E-state index in [4.69, 9.17) is 15.7 Å². The van der Waals surface area contributed by atoms with Crippen LogP contribution < -0.4 is 5.73 Å². The van der Waals surface area contributed by atoms with Crippen LogP contribution in [0.25, 0.3) is 39.1 Å². The Kier molecular flexibility index (Phi) is 6.59. The molecule has 0 aliphatic carbocycles. The van der Waals surface area contributed by atoms with Gasteiger partial charge in [0.15, 0.2) is 5.65 Å². The van der Waals surface area contributed by atoms with Gasteiger partial charge in [0.2, 0.25) is 0 Å². The van der Waals surface area contributed by atoms with E-state index < -0.39 is 0 Å². The van der Waals surface area contributed by atoms with E-state index in [9.17, 15) is 0 Å². The van der Waals surface area contributed by atoms with Crippen LogP contribution in [-0.2, 0) is 0 Å². The Morgan fingerprint density at radius 1 is 1.06 bits per heavy atom. The van der Waals surface area contributed by atoms with Crippen molar-refractivity contribution in [3.63, 3.8) is 0 Å². The predicted molar refractivity (Wildman–Crippen MR) is 142 cm³/mol. The number of pyridine rings is 4. The highest BCUT2D eigenvalue weighted by molar-refractivity contribution is 6.10. The van der Waals surface area contributed by atoms with Gasteiger partial charge >= 0.3 is 0 Å². The van der Waals surface area contributed by atoms with Crippen molar-refractivity contribution in [1.29, 1.82) is 0 Å². The summed E-state index contributed by atoms with van der Waals surface area (Å²) in [5.74, 6) is 0. The first kappa shape index (κ1) is 22.8. The second-order valence-corrected chi connectivity index (χ2v) is 8.99. The Labute approximate surface area is 205 Å². The number of fused-ring (bicyclic) bond motifs is 1. The molecule has 0 bridgehead atoms. The molecule has 0 spiro atoms. The largest absolute Gasteiger partial charge is 0.404 e. The minimum absolute atomic E-state index is 0.330. The van der Waals surface area contributed by atoms with Gasteiger partial charge in [-0.05, 0) is 81.9 Å². The van der Waals surface area contributed by atoms with Crippen LogP contribution in [0, 0.1) is 6.92 Å². The minimum Gasteiger partial charge on any atom is -0.404 e. The van der Waals surface area contributed by atoms with Crippen molar-refractivity contribution in [2.24, 2.45) is 10.7 Å². The van der Waals surface area contributed by atoms with Crippen LogP contribution in [0.1, 0.15) is 24.1 Å². The molecule has 176 valence electrons. The van der Waals surface area contributed by atoms with E-state index in [1.54, 1.807) is 12.4 Å². The van der Waals surface area contributed by atoms with Crippen LogP contribution in [0.3, 0.4) is 0 Å². The molecule has 0 unspecified atom stereocenters. The molecule has 7 nitrogen and oxygen atoms in total. The maximum atomic E-state index is 6.02. The fraction of sp³-hybridized carbons (Fsp3) is 0.250. The van der Waals surface area contributed by atoms with Gasteiger partial charge in [0, 0.05) is 58.8 Å². The molecule has 4 aromatic heterocycles. The lowest BCUT2D eigenvalue weighted by Gasteiger charge is -2.26. The number of aryl methyl sites for hydroxylation is 1. The van der Waals surface area contributed by atoms with Crippen molar-refractivity contribution < 1.29 is 0 Å². The number of allylic oxidation sites excluding steroid dienone is 1. The summed E-state index contributed by atoms with van der Waals surface area (Å²) < 4.78 is 0. The van der Waals surface area contributed by atoms with E-state index in [0.29, 0.717) is 11.7 Å². The molecule has 5 rings (SSSR count). The Bertz CT molecular complexity index is 1400. The highest BCUT2D eigenvalue weighted by Gasteiger charge is 2.16. The molecule has 1 aliphatic heterocycles. The summed E-state index contributed by atoms with van der Waals surface area (Å²) in [5, 5.41) is 0.959. The van der Waals surface area contributed by atoms with Crippen molar-refractivity contribution in [3.05, 3.63) is 78.5 Å². The third kappa shape index (κ3) is 5.10. The minimum atomic E-state index is 0.330. The molecule has 0 saturated carbocycles. The fourth-order valence-electron chi connectivity index (χ4n) is 4.40. The lowest BCUT2D eigenvalue weighted by atomic mass is 9.99. The molecule has 5 heterocycles. The van der Waals surface area contributed by atoms with E-state index in [1.807, 2.05) is 55.9 Å². The fourth-order valence-corrected chi connectivity index (χ4v) is 4.40. The van der Waals surface area contributed by atoms with Gasteiger partial charge in [-0.15, -0.1) is 0 Å². The number of aliphatic imine (C=N–C) groups is 1. The zero-order valence-corrected chi connectivity index (χ0v) is 20.1. The Hall–Kier alpha value is -3.97. The third-order valence-corrected chi connectivity index (χ3v) is 6.41. The lowest BCUT2D eigenvalue weighted by molar-refractivity contribution is 0.257. The molecule has 0 aromatic carbocycles. The highest BCUT2D eigenvalue weighted by Crippen LogP contribution is 2.31. The average molecular weight is 464 g/mol. The standard InChI is InChI=1S/C28H29N7/c1-19-5-3-7-26(33-19)27-14-25(24-6-4-10-31-28(24)34-27)21-13-20(16-30-17-21)22(15-29)18-32-23-8-11-35(2)12-9-23/h3-7,10,13-18,23H,8-9,11-12,29H2,1-2H3. The van der Waals surface area contributed by atoms with E-state index in [2.05, 4.69) is 39.0 Å². The molecule has 0 atom stereocenters. The van der Waals surface area contributed by atoms with Gasteiger partial charge in [0.05, 0.1) is 17.4 Å². The first-order valence-corrected chi connectivity index (χ1v) is 11.9. The predicted octanol–water partition coefficient (Wildman–Crippen LogP) is 4.53. The first-order chi connectivity index (χ1) is 17.1. The number of nitrogens with zero attached hydrogens (tertiary/aromatic N) is 6. The maximum absolute atomic E-state index is 6.02. The first-order valence-electron chi connectivity index (χ1n) is 11.9. The molecular formula is C28H29N7. The van der Waals surface area contributed by atoms with Gasteiger partial charge in [-0.3, -0.25) is 15.0 Å². The lowest BCUT2D eigenvalue weighted by Crippen LogP contribution is -2.32. The van der Waals surface area contributed by atoms with Crippen LogP contribution >= 0.6 is 0 Å². The summed E-state index contributed by atoms with van der Waals surface area (Å²) in [4.78, 5) is 25.7. The Morgan fingerprint density at radius 2 is 1.91 bits per heavy atom. The molecule has 7 heteroatoms. The monoisotopic (exact) mass is 463 g/mol. The second kappa shape index (κ2) is 10.1. The smallest absolute Gasteiger partial charge is 0.160 e. The summed E-state index contributed by atoms with van der Waals surface area (Å²) in [6, 6.07) is 14.4. The van der Waals surface area contributed by atoms with E-state index in [-0.39, 0.29) is 0 Å². The van der Waals surface area contributed by atoms with Crippen LogP contribution in [0.5, 0.6) is 0 Å². The van der Waals surface area contributed by atoms with Crippen molar-refractivity contribution >= 4 is 22.8 Å². The molecule has 2 N–H and O–H groups in total. The van der Waals surface area contributed by atoms with Crippen LogP contribution in [-0.4, -0.2) is 57.2 Å². The van der Waals surface area contributed by atoms with Gasteiger partial charge in [0.1, 0.15) is 0 Å². The maximum Gasteiger partial charge on any atom is 0.160 e. The number of likely N-dealkylation sites (tertiary alicyclic amines) is 1. The van der Waals surface area contributed by atoms with Gasteiger partial charge in [0.25, 0.3) is 0 Å². The number of hydrogen-bond donors (Lipinski definition) is 1. The topological polar surface area (TPSA) is 93.2 Å². The van der Waals surface area contributed by atoms with Crippen molar-refractivity contribution in [1.82, 2.24) is 24.8 Å². The number of aromatic nitrogens is 4. The normalized spacial score (nSPS) is 15.8. The summed E-state index contributed by atoms with van der Waals surface area (Å²) in [7, 11) is 2.15. The number of rotatable bonds is 5. The van der Waals surface area contributed by atoms with Gasteiger partial charge in [-0.2, -0.15) is 0 Å². The summed E-state index contributed by atoms with van der Waals surface area (Å²) >= 11 is 0. The molecule has 1 saturated heterocycles. The van der Waals surface area contributed by atoms with Gasteiger partial charge < -0.3 is 10.6 Å². The Balaban J connectivity index is 1.53. The number of piperidine rings is 1. The molecule has 4 aromatic rings. The van der Waals surface area contributed by atoms with E-state index in [0.717, 1.165) is 70.7 Å². The zero-order valence-electron chi connectivity index (χ0n) is 20.1. The SMILES string of the molecule is Cc1cccc(-c2cc(-c3cncc(C(C=NC4CCN(C)CC4)=CN)c3)c3cccnc3n2)n1. The van der Waals surface area contributed by atoms with Crippen molar-refractivity contribution in [3.8, 4) is 22.5 Å². The molecule has 1 aliphatic rings. The van der Waals surface area contributed by atoms with Crippen LogP contribution in [0.2, 0.25) is 0 Å². The van der Waals surface area contributed by atoms with E-state index >= 15 is 0 Å². The average Bonchev–Trinajstić information content (AvgIpc) is 2.89. The van der Waals surface area contributed by atoms with Crippen molar-refractivity contribution in [2.75, 3.05) is 20.1 Å². The van der Waals surface area contributed by atoms with Crippen molar-refractivity contribution in [2.45, 2.75) is 25.8 Å².